The van der Waals surface area contributed by atoms with Gasteiger partial charge in [0.25, 0.3) is 5.91 Å². The summed E-state index contributed by atoms with van der Waals surface area (Å²) < 4.78 is 17.9. The Morgan fingerprint density at radius 3 is 2.70 bits per heavy atom. The van der Waals surface area contributed by atoms with E-state index in [0.29, 0.717) is 11.4 Å². The number of rotatable bonds is 5. The maximum Gasteiger partial charge on any atom is 0.259 e. The second-order valence-electron chi connectivity index (χ2n) is 4.10. The number of amides is 1. The standard InChI is InChI=1S/C14H14FN3O2/c1-10-2-7-13(20-10)8-17-18-14(19)9-16-12-5-3-11(15)4-6-12/h2-8,16H,9H2,1H3,(H,18,19)/b17-8+. The van der Waals surface area contributed by atoms with Crippen molar-refractivity contribution >= 4 is 17.8 Å². The number of nitrogens with one attached hydrogen (secondary N) is 2. The van der Waals surface area contributed by atoms with Crippen molar-refractivity contribution in [2.24, 2.45) is 5.10 Å². The number of nitrogens with zero attached hydrogens (tertiary/aromatic N) is 1. The Morgan fingerprint density at radius 2 is 2.05 bits per heavy atom. The van der Waals surface area contributed by atoms with Gasteiger partial charge in [0.2, 0.25) is 0 Å². The van der Waals surface area contributed by atoms with Gasteiger partial charge in [-0.05, 0) is 43.3 Å². The lowest BCUT2D eigenvalue weighted by atomic mass is 10.3. The van der Waals surface area contributed by atoms with Crippen LogP contribution in [0.1, 0.15) is 11.5 Å². The molecule has 0 aliphatic carbocycles. The van der Waals surface area contributed by atoms with Crippen molar-refractivity contribution < 1.29 is 13.6 Å². The zero-order chi connectivity index (χ0) is 14.4. The van der Waals surface area contributed by atoms with Crippen molar-refractivity contribution in [2.45, 2.75) is 6.92 Å². The number of carbonyl (C=O) groups is 1. The molecular weight excluding hydrogens is 261 g/mol. The lowest BCUT2D eigenvalue weighted by molar-refractivity contribution is -0.119. The third-order valence-electron chi connectivity index (χ3n) is 2.44. The Labute approximate surface area is 115 Å². The number of benzene rings is 1. The van der Waals surface area contributed by atoms with Crippen LogP contribution in [0.2, 0.25) is 0 Å². The van der Waals surface area contributed by atoms with Gasteiger partial charge < -0.3 is 9.73 Å². The molecule has 104 valence electrons. The number of carbonyl (C=O) groups excluding carboxylic acids is 1. The second-order valence-corrected chi connectivity index (χ2v) is 4.10. The van der Waals surface area contributed by atoms with Gasteiger partial charge in [0.15, 0.2) is 0 Å². The summed E-state index contributed by atoms with van der Waals surface area (Å²) in [4.78, 5) is 11.5. The fourth-order valence-corrected chi connectivity index (χ4v) is 1.48. The number of aryl methyl sites for hydroxylation is 1. The van der Waals surface area contributed by atoms with Gasteiger partial charge in [0.1, 0.15) is 17.3 Å². The highest BCUT2D eigenvalue weighted by atomic mass is 19.1. The van der Waals surface area contributed by atoms with Gasteiger partial charge in [0.05, 0.1) is 12.8 Å². The van der Waals surface area contributed by atoms with Crippen molar-refractivity contribution in [1.82, 2.24) is 5.43 Å². The average molecular weight is 275 g/mol. The topological polar surface area (TPSA) is 66.6 Å². The molecule has 1 aromatic heterocycles. The molecule has 5 nitrogen and oxygen atoms in total. The van der Waals surface area contributed by atoms with Gasteiger partial charge in [0, 0.05) is 5.69 Å². The first kappa shape index (κ1) is 13.8. The molecular formula is C14H14FN3O2. The van der Waals surface area contributed by atoms with Gasteiger partial charge in [-0.2, -0.15) is 5.10 Å². The summed E-state index contributed by atoms with van der Waals surface area (Å²) in [5, 5.41) is 6.61. The summed E-state index contributed by atoms with van der Waals surface area (Å²) >= 11 is 0. The molecule has 0 aliphatic heterocycles. The van der Waals surface area contributed by atoms with Crippen molar-refractivity contribution in [3.63, 3.8) is 0 Å². The number of furan rings is 1. The molecule has 0 unspecified atom stereocenters. The SMILES string of the molecule is Cc1ccc(/C=N/NC(=O)CNc2ccc(F)cc2)o1. The quantitative estimate of drug-likeness (QED) is 0.650. The minimum absolute atomic E-state index is 0.0418. The van der Waals surface area contributed by atoms with Crippen molar-refractivity contribution in [3.05, 3.63) is 53.7 Å². The average Bonchev–Trinajstić information content (AvgIpc) is 2.84. The van der Waals surface area contributed by atoms with E-state index < -0.39 is 0 Å². The highest BCUT2D eigenvalue weighted by Crippen LogP contribution is 2.07. The van der Waals surface area contributed by atoms with E-state index in [1.807, 2.05) is 6.92 Å². The van der Waals surface area contributed by atoms with E-state index in [9.17, 15) is 9.18 Å². The Bertz CT molecular complexity index is 605. The third kappa shape index (κ3) is 4.24. The smallest absolute Gasteiger partial charge is 0.259 e. The molecule has 20 heavy (non-hydrogen) atoms. The van der Waals surface area contributed by atoms with E-state index in [0.717, 1.165) is 5.76 Å². The summed E-state index contributed by atoms with van der Waals surface area (Å²) in [7, 11) is 0. The van der Waals surface area contributed by atoms with Gasteiger partial charge in [-0.15, -0.1) is 0 Å². The van der Waals surface area contributed by atoms with Crippen LogP contribution in [0, 0.1) is 12.7 Å². The van der Waals surface area contributed by atoms with Crippen LogP contribution in [0.25, 0.3) is 0 Å². The van der Waals surface area contributed by atoms with Crippen LogP contribution < -0.4 is 10.7 Å². The highest BCUT2D eigenvalue weighted by molar-refractivity contribution is 5.83. The molecule has 1 amide bonds. The predicted molar refractivity (Wildman–Crippen MR) is 74.1 cm³/mol. The Morgan fingerprint density at radius 1 is 1.30 bits per heavy atom. The van der Waals surface area contributed by atoms with E-state index in [2.05, 4.69) is 15.8 Å². The molecule has 0 spiro atoms. The van der Waals surface area contributed by atoms with E-state index in [4.69, 9.17) is 4.42 Å². The van der Waals surface area contributed by atoms with Gasteiger partial charge in [-0.1, -0.05) is 0 Å². The Kier molecular flexibility index (Phi) is 4.49. The van der Waals surface area contributed by atoms with E-state index in [1.54, 1.807) is 24.3 Å². The molecule has 0 saturated heterocycles. The molecule has 0 saturated carbocycles. The summed E-state index contributed by atoms with van der Waals surface area (Å²) in [5.41, 5.74) is 3.02. The Hall–Kier alpha value is -2.63. The van der Waals surface area contributed by atoms with Crippen molar-refractivity contribution in [3.8, 4) is 0 Å². The second kappa shape index (κ2) is 6.51. The molecule has 1 heterocycles. The van der Waals surface area contributed by atoms with Crippen LogP contribution in [0.3, 0.4) is 0 Å². The van der Waals surface area contributed by atoms with Crippen LogP contribution in [0.4, 0.5) is 10.1 Å². The largest absolute Gasteiger partial charge is 0.460 e. The lowest BCUT2D eigenvalue weighted by Crippen LogP contribution is -2.25. The van der Waals surface area contributed by atoms with E-state index in [-0.39, 0.29) is 18.3 Å². The molecule has 6 heteroatoms. The van der Waals surface area contributed by atoms with Gasteiger partial charge in [-0.3, -0.25) is 4.79 Å². The van der Waals surface area contributed by atoms with Crippen LogP contribution in [0.15, 0.2) is 45.9 Å². The van der Waals surface area contributed by atoms with Crippen LogP contribution >= 0.6 is 0 Å². The monoisotopic (exact) mass is 275 g/mol. The maximum atomic E-state index is 12.7. The van der Waals surface area contributed by atoms with Crippen LogP contribution in [0.5, 0.6) is 0 Å². The first-order valence-corrected chi connectivity index (χ1v) is 6.01. The molecule has 0 fully saturated rings. The number of hydrogen-bond acceptors (Lipinski definition) is 4. The highest BCUT2D eigenvalue weighted by Gasteiger charge is 2.00. The molecule has 2 rings (SSSR count). The lowest BCUT2D eigenvalue weighted by Gasteiger charge is -2.04. The Balaban J connectivity index is 1.75. The minimum Gasteiger partial charge on any atom is -0.460 e. The zero-order valence-electron chi connectivity index (χ0n) is 10.9. The summed E-state index contributed by atoms with van der Waals surface area (Å²) in [6.07, 6.45) is 1.42. The number of hydrazone groups is 1. The van der Waals surface area contributed by atoms with Crippen molar-refractivity contribution in [1.29, 1.82) is 0 Å². The number of halogens is 1. The van der Waals surface area contributed by atoms with Crippen molar-refractivity contribution in [2.75, 3.05) is 11.9 Å². The van der Waals surface area contributed by atoms with E-state index >= 15 is 0 Å². The molecule has 2 aromatic rings. The summed E-state index contributed by atoms with van der Waals surface area (Å²) in [6, 6.07) is 9.30. The molecule has 0 bridgehead atoms. The summed E-state index contributed by atoms with van der Waals surface area (Å²) in [5.74, 6) is 0.706. The predicted octanol–water partition coefficient (Wildman–Crippen LogP) is 2.29. The van der Waals surface area contributed by atoms with Crippen LogP contribution in [-0.4, -0.2) is 18.7 Å². The van der Waals surface area contributed by atoms with E-state index in [1.165, 1.54) is 18.3 Å². The third-order valence-corrected chi connectivity index (χ3v) is 2.44. The summed E-state index contributed by atoms with van der Waals surface area (Å²) in [6.45, 7) is 1.86. The van der Waals surface area contributed by atoms with Gasteiger partial charge in [-0.25, -0.2) is 9.82 Å². The molecule has 1 aromatic carbocycles. The van der Waals surface area contributed by atoms with Crippen LogP contribution in [-0.2, 0) is 4.79 Å². The molecule has 0 aliphatic rings. The fraction of sp³-hybridized carbons (Fsp3) is 0.143. The molecule has 2 N–H and O–H groups in total. The zero-order valence-corrected chi connectivity index (χ0v) is 10.9. The fourth-order valence-electron chi connectivity index (χ4n) is 1.48. The number of anilines is 1. The van der Waals surface area contributed by atoms with Gasteiger partial charge >= 0.3 is 0 Å². The minimum atomic E-state index is -0.321. The molecule has 0 radical (unpaired) electrons. The maximum absolute atomic E-state index is 12.7. The molecule has 0 atom stereocenters. The first-order valence-electron chi connectivity index (χ1n) is 6.01. The normalized spacial score (nSPS) is 10.7. The first-order chi connectivity index (χ1) is 9.63. The number of hydrogen-bond donors (Lipinski definition) is 2.